The van der Waals surface area contributed by atoms with Gasteiger partial charge in [0, 0.05) is 24.9 Å². The molecule has 1 aliphatic rings. The summed E-state index contributed by atoms with van der Waals surface area (Å²) in [4.78, 5) is 22.3. The van der Waals surface area contributed by atoms with Crippen LogP contribution in [0.1, 0.15) is 5.56 Å². The molecule has 0 radical (unpaired) electrons. The molecule has 3 N–H and O–H groups in total. The molecule has 1 aromatic carbocycles. The summed E-state index contributed by atoms with van der Waals surface area (Å²) in [7, 11) is 0. The Bertz CT molecular complexity index is 539. The first-order valence-corrected chi connectivity index (χ1v) is 6.55. The third kappa shape index (κ3) is 5.25. The number of hydrogen-bond acceptors (Lipinski definition) is 4. The summed E-state index contributed by atoms with van der Waals surface area (Å²) in [6.45, 7) is 2.48. The van der Waals surface area contributed by atoms with Gasteiger partial charge in [-0.15, -0.1) is 0 Å². The Balaban J connectivity index is 1.90. The number of carboxylic acid groups (broad SMARTS) is 1. The normalized spacial score (nSPS) is 15.8. The zero-order chi connectivity index (χ0) is 15.1. The first-order chi connectivity index (χ1) is 10.1. The molecule has 1 heterocycles. The van der Waals surface area contributed by atoms with Crippen molar-refractivity contribution >= 4 is 23.8 Å². The van der Waals surface area contributed by atoms with Crippen LogP contribution < -0.4 is 10.7 Å². The second-order valence-electron chi connectivity index (χ2n) is 4.46. The summed E-state index contributed by atoms with van der Waals surface area (Å²) >= 11 is 0. The number of aliphatic carboxylic acids is 1. The van der Waals surface area contributed by atoms with Crippen molar-refractivity contribution in [2.24, 2.45) is 0 Å². The van der Waals surface area contributed by atoms with Gasteiger partial charge in [-0.3, -0.25) is 5.43 Å². The van der Waals surface area contributed by atoms with Gasteiger partial charge in [0.2, 0.25) is 0 Å². The number of nitrogens with zero attached hydrogens (tertiary/aromatic N) is 1. The molecule has 0 atom stereocenters. The molecule has 21 heavy (non-hydrogen) atoms. The molecular weight excluding hydrogens is 274 g/mol. The molecule has 0 spiro atoms. The quantitative estimate of drug-likeness (QED) is 0.724. The van der Waals surface area contributed by atoms with Crippen LogP contribution in [0.2, 0.25) is 0 Å². The second kappa shape index (κ2) is 7.41. The highest BCUT2D eigenvalue weighted by Gasteiger charge is 2.12. The first kappa shape index (κ1) is 15.0. The Labute approximate surface area is 122 Å². The van der Waals surface area contributed by atoms with Crippen LogP contribution in [0.5, 0.6) is 0 Å². The van der Waals surface area contributed by atoms with Crippen molar-refractivity contribution in [3.8, 4) is 0 Å². The van der Waals surface area contributed by atoms with Crippen LogP contribution in [-0.2, 0) is 9.53 Å². The van der Waals surface area contributed by atoms with Crippen molar-refractivity contribution in [1.82, 2.24) is 10.4 Å². The van der Waals surface area contributed by atoms with Gasteiger partial charge in [0.15, 0.2) is 0 Å². The number of carbonyl (C=O) groups is 2. The maximum atomic E-state index is 11.8. The van der Waals surface area contributed by atoms with Crippen molar-refractivity contribution in [2.75, 3.05) is 31.6 Å². The molecule has 0 aromatic heterocycles. The molecule has 2 amide bonds. The first-order valence-electron chi connectivity index (χ1n) is 6.55. The molecule has 1 aliphatic heterocycles. The lowest BCUT2D eigenvalue weighted by Gasteiger charge is -2.26. The highest BCUT2D eigenvalue weighted by molar-refractivity contribution is 5.90. The standard InChI is InChI=1S/C14H17N3O4/c18-13(19)5-4-11-2-1-3-12(10-11)15-14(20)16-17-6-8-21-9-7-17/h1-5,10H,6-9H2,(H,18,19)(H2,15,16,20)/b5-4+. The van der Waals surface area contributed by atoms with Crippen LogP contribution in [-0.4, -0.2) is 48.4 Å². The molecule has 0 bridgehead atoms. The van der Waals surface area contributed by atoms with Crippen LogP contribution in [0.25, 0.3) is 6.08 Å². The number of ether oxygens (including phenoxy) is 1. The Hall–Kier alpha value is -2.38. The molecule has 0 aliphatic carbocycles. The minimum Gasteiger partial charge on any atom is -0.478 e. The smallest absolute Gasteiger partial charge is 0.333 e. The molecule has 2 rings (SSSR count). The molecule has 112 valence electrons. The number of amides is 2. The fourth-order valence-electron chi connectivity index (χ4n) is 1.87. The van der Waals surface area contributed by atoms with Gasteiger partial charge >= 0.3 is 12.0 Å². The molecule has 7 nitrogen and oxygen atoms in total. The monoisotopic (exact) mass is 291 g/mol. The minimum atomic E-state index is -1.02. The van der Waals surface area contributed by atoms with Gasteiger partial charge in [-0.25, -0.2) is 14.6 Å². The lowest BCUT2D eigenvalue weighted by atomic mass is 10.2. The third-order valence-corrected chi connectivity index (χ3v) is 2.83. The zero-order valence-corrected chi connectivity index (χ0v) is 11.4. The van der Waals surface area contributed by atoms with Gasteiger partial charge in [-0.2, -0.15) is 0 Å². The molecule has 1 fully saturated rings. The van der Waals surface area contributed by atoms with Gasteiger partial charge in [-0.1, -0.05) is 12.1 Å². The maximum Gasteiger partial charge on any atom is 0.333 e. The summed E-state index contributed by atoms with van der Waals surface area (Å²) in [6, 6.07) is 6.59. The van der Waals surface area contributed by atoms with E-state index in [1.54, 1.807) is 29.3 Å². The fraction of sp³-hybridized carbons (Fsp3) is 0.286. The lowest BCUT2D eigenvalue weighted by Crippen LogP contribution is -2.49. The number of anilines is 1. The Morgan fingerprint density at radius 2 is 2.05 bits per heavy atom. The van der Waals surface area contributed by atoms with E-state index in [-0.39, 0.29) is 6.03 Å². The van der Waals surface area contributed by atoms with E-state index in [2.05, 4.69) is 10.7 Å². The number of benzene rings is 1. The number of nitrogens with one attached hydrogen (secondary N) is 2. The fourth-order valence-corrected chi connectivity index (χ4v) is 1.87. The number of morpholine rings is 1. The van der Waals surface area contributed by atoms with Crippen LogP contribution in [0.15, 0.2) is 30.3 Å². The number of urea groups is 1. The van der Waals surface area contributed by atoms with Gasteiger partial charge < -0.3 is 15.2 Å². The summed E-state index contributed by atoms with van der Waals surface area (Å²) in [5.74, 6) is -1.02. The van der Waals surface area contributed by atoms with E-state index >= 15 is 0 Å². The molecule has 0 saturated carbocycles. The van der Waals surface area contributed by atoms with Gasteiger partial charge in [-0.05, 0) is 23.8 Å². The number of carboxylic acids is 1. The van der Waals surface area contributed by atoms with E-state index in [1.165, 1.54) is 6.08 Å². The molecule has 7 heteroatoms. The summed E-state index contributed by atoms with van der Waals surface area (Å²) < 4.78 is 5.19. The lowest BCUT2D eigenvalue weighted by molar-refractivity contribution is -0.131. The van der Waals surface area contributed by atoms with E-state index in [0.29, 0.717) is 37.6 Å². The highest BCUT2D eigenvalue weighted by atomic mass is 16.5. The van der Waals surface area contributed by atoms with E-state index in [4.69, 9.17) is 9.84 Å². The van der Waals surface area contributed by atoms with Gasteiger partial charge in [0.25, 0.3) is 0 Å². The zero-order valence-electron chi connectivity index (χ0n) is 11.4. The number of hydrogen-bond donors (Lipinski definition) is 3. The Kier molecular flexibility index (Phi) is 5.30. The number of rotatable bonds is 4. The van der Waals surface area contributed by atoms with Crippen molar-refractivity contribution < 1.29 is 19.4 Å². The van der Waals surface area contributed by atoms with Crippen molar-refractivity contribution in [3.63, 3.8) is 0 Å². The Morgan fingerprint density at radius 1 is 1.29 bits per heavy atom. The Morgan fingerprint density at radius 3 is 2.76 bits per heavy atom. The molecular formula is C14H17N3O4. The van der Waals surface area contributed by atoms with Gasteiger partial charge in [0.05, 0.1) is 13.2 Å². The van der Waals surface area contributed by atoms with E-state index in [1.807, 2.05) is 0 Å². The highest BCUT2D eigenvalue weighted by Crippen LogP contribution is 2.12. The summed E-state index contributed by atoms with van der Waals surface area (Å²) in [5.41, 5.74) is 4.02. The van der Waals surface area contributed by atoms with E-state index < -0.39 is 5.97 Å². The average molecular weight is 291 g/mol. The minimum absolute atomic E-state index is 0.337. The predicted octanol–water partition coefficient (Wildman–Crippen LogP) is 1.15. The molecule has 1 aromatic rings. The van der Waals surface area contributed by atoms with E-state index in [0.717, 1.165) is 6.08 Å². The molecule has 1 saturated heterocycles. The topological polar surface area (TPSA) is 90.9 Å². The summed E-state index contributed by atoms with van der Waals surface area (Å²) in [6.07, 6.45) is 2.51. The van der Waals surface area contributed by atoms with Crippen LogP contribution in [0, 0.1) is 0 Å². The van der Waals surface area contributed by atoms with Crippen LogP contribution >= 0.6 is 0 Å². The van der Waals surface area contributed by atoms with Crippen molar-refractivity contribution in [1.29, 1.82) is 0 Å². The average Bonchev–Trinajstić information content (AvgIpc) is 2.46. The predicted molar refractivity (Wildman–Crippen MR) is 77.7 cm³/mol. The maximum absolute atomic E-state index is 11.8. The SMILES string of the molecule is O=C(O)/C=C/c1cccc(NC(=O)NN2CCOCC2)c1. The van der Waals surface area contributed by atoms with Gasteiger partial charge in [0.1, 0.15) is 0 Å². The van der Waals surface area contributed by atoms with E-state index in [9.17, 15) is 9.59 Å². The largest absolute Gasteiger partial charge is 0.478 e. The van der Waals surface area contributed by atoms with Crippen molar-refractivity contribution in [3.05, 3.63) is 35.9 Å². The molecule has 0 unspecified atom stereocenters. The van der Waals surface area contributed by atoms with Crippen LogP contribution in [0.3, 0.4) is 0 Å². The van der Waals surface area contributed by atoms with Crippen molar-refractivity contribution in [2.45, 2.75) is 0 Å². The third-order valence-electron chi connectivity index (χ3n) is 2.83. The second-order valence-corrected chi connectivity index (χ2v) is 4.46. The number of carbonyl (C=O) groups excluding carboxylic acids is 1. The van der Waals surface area contributed by atoms with Crippen LogP contribution in [0.4, 0.5) is 10.5 Å². The number of hydrazine groups is 1. The summed E-state index contributed by atoms with van der Waals surface area (Å²) in [5, 5.41) is 13.1.